The van der Waals surface area contributed by atoms with Crippen molar-refractivity contribution in [2.45, 2.75) is 25.5 Å². The van der Waals surface area contributed by atoms with Crippen LogP contribution in [0, 0.1) is 6.92 Å². The van der Waals surface area contributed by atoms with E-state index in [4.69, 9.17) is 4.42 Å². The average molecular weight is 257 g/mol. The number of aryl methyl sites for hydroxylation is 1. The van der Waals surface area contributed by atoms with E-state index in [9.17, 15) is 9.90 Å². The lowest BCUT2D eigenvalue weighted by Crippen LogP contribution is -2.33. The first-order valence-corrected chi connectivity index (χ1v) is 6.27. The van der Waals surface area contributed by atoms with Gasteiger partial charge in [-0.1, -0.05) is 24.3 Å². The number of hydrogen-bond donors (Lipinski definition) is 2. The Kier molecular flexibility index (Phi) is 2.87. The fourth-order valence-corrected chi connectivity index (χ4v) is 2.56. The van der Waals surface area contributed by atoms with Crippen LogP contribution in [0.3, 0.4) is 0 Å². The van der Waals surface area contributed by atoms with E-state index in [1.807, 2.05) is 31.2 Å². The molecule has 0 spiro atoms. The van der Waals surface area contributed by atoms with Crippen molar-refractivity contribution in [3.63, 3.8) is 0 Å². The number of hydrogen-bond acceptors (Lipinski definition) is 3. The predicted octanol–water partition coefficient (Wildman–Crippen LogP) is 1.98. The van der Waals surface area contributed by atoms with E-state index < -0.39 is 6.10 Å². The van der Waals surface area contributed by atoms with Crippen LogP contribution in [0.1, 0.15) is 33.3 Å². The second-order valence-electron chi connectivity index (χ2n) is 4.85. The molecule has 1 aliphatic rings. The smallest absolute Gasteiger partial charge is 0.287 e. The first kappa shape index (κ1) is 12.0. The first-order chi connectivity index (χ1) is 9.16. The predicted molar refractivity (Wildman–Crippen MR) is 69.8 cm³/mol. The molecule has 0 radical (unpaired) electrons. The number of aliphatic hydroxyl groups excluding tert-OH is 1. The van der Waals surface area contributed by atoms with Crippen LogP contribution in [-0.2, 0) is 6.42 Å². The molecule has 98 valence electrons. The lowest BCUT2D eigenvalue weighted by atomic mass is 10.1. The van der Waals surface area contributed by atoms with E-state index in [2.05, 4.69) is 5.32 Å². The number of benzene rings is 1. The molecule has 1 aromatic carbocycles. The van der Waals surface area contributed by atoms with Gasteiger partial charge in [-0.3, -0.25) is 4.79 Å². The first-order valence-electron chi connectivity index (χ1n) is 6.27. The third-order valence-corrected chi connectivity index (χ3v) is 3.56. The highest BCUT2D eigenvalue weighted by molar-refractivity contribution is 5.93. The minimum atomic E-state index is -0.586. The van der Waals surface area contributed by atoms with Gasteiger partial charge in [-0.2, -0.15) is 0 Å². The number of rotatable bonds is 2. The van der Waals surface area contributed by atoms with E-state index in [0.717, 1.165) is 16.7 Å². The number of furan rings is 1. The fraction of sp³-hybridized carbons (Fsp3) is 0.267. The van der Waals surface area contributed by atoms with Gasteiger partial charge in [-0.15, -0.1) is 0 Å². The van der Waals surface area contributed by atoms with Crippen LogP contribution in [0.4, 0.5) is 0 Å². The summed E-state index contributed by atoms with van der Waals surface area (Å²) >= 11 is 0. The number of carbonyl (C=O) groups excluding carboxylic acids is 1. The zero-order chi connectivity index (χ0) is 13.4. The van der Waals surface area contributed by atoms with E-state index in [0.29, 0.717) is 12.2 Å². The summed E-state index contributed by atoms with van der Waals surface area (Å²) in [5.74, 6) is 0.0137. The van der Waals surface area contributed by atoms with Gasteiger partial charge in [0.25, 0.3) is 5.91 Å². The van der Waals surface area contributed by atoms with Gasteiger partial charge in [0.2, 0.25) is 0 Å². The highest BCUT2D eigenvalue weighted by Gasteiger charge is 2.32. The van der Waals surface area contributed by atoms with Crippen LogP contribution in [0.2, 0.25) is 0 Å². The number of amides is 1. The molecule has 0 fully saturated rings. The van der Waals surface area contributed by atoms with Crippen molar-refractivity contribution in [1.29, 1.82) is 0 Å². The van der Waals surface area contributed by atoms with Gasteiger partial charge in [0.15, 0.2) is 5.76 Å². The summed E-state index contributed by atoms with van der Waals surface area (Å²) in [5.41, 5.74) is 2.85. The van der Waals surface area contributed by atoms with Crippen molar-refractivity contribution < 1.29 is 14.3 Å². The molecule has 1 amide bonds. The number of nitrogens with one attached hydrogen (secondary N) is 1. The summed E-state index contributed by atoms with van der Waals surface area (Å²) in [4.78, 5) is 12.1. The summed E-state index contributed by atoms with van der Waals surface area (Å²) < 4.78 is 5.17. The van der Waals surface area contributed by atoms with Crippen molar-refractivity contribution >= 4 is 5.91 Å². The van der Waals surface area contributed by atoms with Crippen molar-refractivity contribution in [2.24, 2.45) is 0 Å². The fourth-order valence-electron chi connectivity index (χ4n) is 2.56. The Balaban J connectivity index is 1.84. The lowest BCUT2D eigenvalue weighted by Gasteiger charge is -2.17. The van der Waals surface area contributed by atoms with E-state index in [1.54, 1.807) is 6.07 Å². The second kappa shape index (κ2) is 4.55. The van der Waals surface area contributed by atoms with Gasteiger partial charge in [0, 0.05) is 12.0 Å². The number of fused-ring (bicyclic) bond motifs is 1. The maximum atomic E-state index is 12.1. The Morgan fingerprint density at radius 1 is 1.37 bits per heavy atom. The molecule has 2 N–H and O–H groups in total. The molecule has 0 saturated carbocycles. The Hall–Kier alpha value is -2.07. The molecule has 2 aromatic rings. The molecular formula is C15H15NO3. The third-order valence-electron chi connectivity index (χ3n) is 3.56. The maximum Gasteiger partial charge on any atom is 0.287 e. The molecule has 2 atom stereocenters. The zero-order valence-corrected chi connectivity index (χ0v) is 10.6. The molecule has 0 saturated heterocycles. The molecule has 19 heavy (non-hydrogen) atoms. The Bertz CT molecular complexity index is 617. The molecule has 4 nitrogen and oxygen atoms in total. The van der Waals surface area contributed by atoms with Crippen molar-refractivity contribution in [2.75, 3.05) is 0 Å². The van der Waals surface area contributed by atoms with Crippen molar-refractivity contribution in [3.05, 3.63) is 59.0 Å². The van der Waals surface area contributed by atoms with E-state index in [-0.39, 0.29) is 11.9 Å². The molecule has 0 unspecified atom stereocenters. The topological polar surface area (TPSA) is 62.5 Å². The van der Waals surface area contributed by atoms with E-state index >= 15 is 0 Å². The molecule has 1 aliphatic carbocycles. The SMILES string of the molecule is Cc1ccoc1C(=O)N[C@H]1c2ccccc2C[C@H]1O. The Labute approximate surface area is 111 Å². The molecule has 4 heteroatoms. The van der Waals surface area contributed by atoms with Crippen LogP contribution < -0.4 is 5.32 Å². The Morgan fingerprint density at radius 3 is 2.89 bits per heavy atom. The van der Waals surface area contributed by atoms with Gasteiger partial charge >= 0.3 is 0 Å². The number of aliphatic hydroxyl groups is 1. The van der Waals surface area contributed by atoms with Gasteiger partial charge < -0.3 is 14.8 Å². The second-order valence-corrected chi connectivity index (χ2v) is 4.85. The minimum Gasteiger partial charge on any atom is -0.459 e. The highest BCUT2D eigenvalue weighted by atomic mass is 16.3. The van der Waals surface area contributed by atoms with Crippen LogP contribution >= 0.6 is 0 Å². The molecule has 1 heterocycles. The summed E-state index contributed by atoms with van der Waals surface area (Å²) in [6, 6.07) is 9.14. The molecule has 3 rings (SSSR count). The number of carbonyl (C=O) groups is 1. The molecule has 0 aliphatic heterocycles. The van der Waals surface area contributed by atoms with Crippen LogP contribution in [-0.4, -0.2) is 17.1 Å². The normalized spacial score (nSPS) is 21.2. The van der Waals surface area contributed by atoms with Crippen LogP contribution in [0.5, 0.6) is 0 Å². The summed E-state index contributed by atoms with van der Waals surface area (Å²) in [6.07, 6.45) is 1.47. The van der Waals surface area contributed by atoms with Crippen LogP contribution in [0.15, 0.2) is 41.0 Å². The zero-order valence-electron chi connectivity index (χ0n) is 10.6. The monoisotopic (exact) mass is 257 g/mol. The molecule has 1 aromatic heterocycles. The lowest BCUT2D eigenvalue weighted by molar-refractivity contribution is 0.0831. The van der Waals surface area contributed by atoms with Gasteiger partial charge in [-0.25, -0.2) is 0 Å². The minimum absolute atomic E-state index is 0.289. The van der Waals surface area contributed by atoms with Crippen molar-refractivity contribution in [1.82, 2.24) is 5.32 Å². The standard InChI is InChI=1S/C15H15NO3/c1-9-6-7-19-14(9)15(18)16-13-11-5-3-2-4-10(11)8-12(13)17/h2-7,12-13,17H,8H2,1H3,(H,16,18)/t12-,13+/m1/s1. The van der Waals surface area contributed by atoms with Gasteiger partial charge in [-0.05, 0) is 24.1 Å². The summed E-state index contributed by atoms with van der Waals surface area (Å²) in [6.45, 7) is 1.82. The highest BCUT2D eigenvalue weighted by Crippen LogP contribution is 2.31. The molecular weight excluding hydrogens is 242 g/mol. The maximum absolute atomic E-state index is 12.1. The largest absolute Gasteiger partial charge is 0.459 e. The van der Waals surface area contributed by atoms with Gasteiger partial charge in [0.1, 0.15) is 0 Å². The molecule has 0 bridgehead atoms. The Morgan fingerprint density at radius 2 is 2.16 bits per heavy atom. The quantitative estimate of drug-likeness (QED) is 0.864. The average Bonchev–Trinajstić information content (AvgIpc) is 2.94. The van der Waals surface area contributed by atoms with Gasteiger partial charge in [0.05, 0.1) is 18.4 Å². The summed E-state index contributed by atoms with van der Waals surface area (Å²) in [7, 11) is 0. The van der Waals surface area contributed by atoms with Crippen LogP contribution in [0.25, 0.3) is 0 Å². The van der Waals surface area contributed by atoms with E-state index in [1.165, 1.54) is 6.26 Å². The third kappa shape index (κ3) is 2.04. The van der Waals surface area contributed by atoms with Crippen molar-refractivity contribution in [3.8, 4) is 0 Å². The summed E-state index contributed by atoms with van der Waals surface area (Å²) in [5, 5.41) is 12.9.